The van der Waals surface area contributed by atoms with Gasteiger partial charge >= 0.3 is 0 Å². The Bertz CT molecular complexity index is 1870. The van der Waals surface area contributed by atoms with Gasteiger partial charge in [-0.1, -0.05) is 12.1 Å². The van der Waals surface area contributed by atoms with Crippen LogP contribution in [0.4, 0.5) is 11.4 Å². The lowest BCUT2D eigenvalue weighted by molar-refractivity contribution is -0.0660. The summed E-state index contributed by atoms with van der Waals surface area (Å²) in [6, 6.07) is 12.5. The van der Waals surface area contributed by atoms with Crippen LogP contribution in [0.5, 0.6) is 0 Å². The fourth-order valence-electron chi connectivity index (χ4n) is 7.75. The summed E-state index contributed by atoms with van der Waals surface area (Å²) in [4.78, 5) is 40.9. The molecule has 6 heterocycles. The number of carbonyl (C=O) groups excluding carboxylic acids is 1. The monoisotopic (exact) mass is 651 g/mol. The van der Waals surface area contributed by atoms with Crippen LogP contribution in [0.3, 0.4) is 0 Å². The smallest absolute Gasteiger partial charge is 0.268 e. The van der Waals surface area contributed by atoms with E-state index in [1.807, 2.05) is 47.6 Å². The van der Waals surface area contributed by atoms with Crippen molar-refractivity contribution in [2.45, 2.75) is 51.2 Å². The minimum Gasteiger partial charge on any atom is -0.392 e. The molecule has 1 aliphatic carbocycles. The SMILES string of the molecule is Cn1cc(-c2cccc(N3CCc4c(sc5c4CCCC5)C3=O)c2CO)cc(Cc2ccc(N3CCN(C4COC4)CC3)cn2)c1=O. The molecule has 0 bridgehead atoms. The van der Waals surface area contributed by atoms with Gasteiger partial charge in [0.2, 0.25) is 0 Å². The summed E-state index contributed by atoms with van der Waals surface area (Å²) in [5.74, 6) is 0.0306. The van der Waals surface area contributed by atoms with Crippen LogP contribution < -0.4 is 15.4 Å². The number of aromatic nitrogens is 2. The van der Waals surface area contributed by atoms with Gasteiger partial charge in [-0.3, -0.25) is 19.5 Å². The fraction of sp³-hybridized carbons (Fsp3) is 0.432. The zero-order chi connectivity index (χ0) is 32.1. The standard InChI is InChI=1S/C37H41N5O4S/c1-39-20-25(17-24(36(39)44)18-26-9-10-27(19-38-26)40-13-15-41(16-14-40)28-22-46-23-28)29-6-4-7-33(32(29)21-43)42-12-11-31-30-5-2-3-8-34(30)47-35(31)37(42)45/h4,6-7,9-10,17,19-20,28,43H,2-3,5,8,11-16,18,21-23H2,1H3. The Kier molecular flexibility index (Phi) is 8.21. The van der Waals surface area contributed by atoms with E-state index < -0.39 is 0 Å². The van der Waals surface area contributed by atoms with Gasteiger partial charge in [0.15, 0.2) is 0 Å². The predicted octanol–water partition coefficient (Wildman–Crippen LogP) is 4.19. The number of amides is 1. The number of nitrogens with zero attached hydrogens (tertiary/aromatic N) is 5. The third-order valence-electron chi connectivity index (χ3n) is 10.5. The van der Waals surface area contributed by atoms with Crippen LogP contribution in [0.25, 0.3) is 11.1 Å². The highest BCUT2D eigenvalue weighted by Crippen LogP contribution is 2.40. The first kappa shape index (κ1) is 30.5. The van der Waals surface area contributed by atoms with Gasteiger partial charge in [-0.25, -0.2) is 0 Å². The van der Waals surface area contributed by atoms with Crippen LogP contribution in [-0.2, 0) is 44.1 Å². The number of rotatable bonds is 7. The molecule has 0 saturated carbocycles. The molecule has 2 saturated heterocycles. The molecule has 1 aromatic carbocycles. The van der Waals surface area contributed by atoms with E-state index >= 15 is 0 Å². The number of hydrogen-bond donors (Lipinski definition) is 1. The summed E-state index contributed by atoms with van der Waals surface area (Å²) in [6.07, 6.45) is 9.52. The van der Waals surface area contributed by atoms with Gasteiger partial charge in [0.05, 0.1) is 48.3 Å². The molecule has 244 valence electrons. The van der Waals surface area contributed by atoms with Crippen LogP contribution in [0.15, 0.2) is 53.6 Å². The Morgan fingerprint density at radius 2 is 1.81 bits per heavy atom. The van der Waals surface area contributed by atoms with E-state index in [0.717, 1.165) is 91.7 Å². The second kappa shape index (κ2) is 12.6. The highest BCUT2D eigenvalue weighted by atomic mass is 32.1. The first-order valence-corrected chi connectivity index (χ1v) is 17.7. The van der Waals surface area contributed by atoms with Gasteiger partial charge < -0.3 is 24.2 Å². The first-order chi connectivity index (χ1) is 23.0. The molecule has 0 unspecified atom stereocenters. The van der Waals surface area contributed by atoms with Gasteiger partial charge in [-0.05, 0) is 78.6 Å². The Morgan fingerprint density at radius 1 is 0.979 bits per heavy atom. The number of pyridine rings is 2. The van der Waals surface area contributed by atoms with Crippen molar-refractivity contribution in [3.05, 3.63) is 96.8 Å². The summed E-state index contributed by atoms with van der Waals surface area (Å²) in [5, 5.41) is 10.7. The molecule has 2 fully saturated rings. The molecule has 0 spiro atoms. The van der Waals surface area contributed by atoms with Crippen molar-refractivity contribution in [2.75, 3.05) is 55.7 Å². The van der Waals surface area contributed by atoms with Crippen molar-refractivity contribution in [1.82, 2.24) is 14.5 Å². The zero-order valence-electron chi connectivity index (χ0n) is 26.9. The van der Waals surface area contributed by atoms with Crippen molar-refractivity contribution >= 4 is 28.6 Å². The molecule has 3 aromatic heterocycles. The molecule has 9 nitrogen and oxygen atoms in total. The summed E-state index contributed by atoms with van der Waals surface area (Å²) >= 11 is 1.67. The molecule has 1 amide bonds. The molecule has 4 aromatic rings. The lowest BCUT2D eigenvalue weighted by Gasteiger charge is -2.43. The molecule has 3 aliphatic heterocycles. The normalized spacial score (nSPS) is 18.6. The number of piperazine rings is 1. The van der Waals surface area contributed by atoms with Gasteiger partial charge in [0.25, 0.3) is 11.5 Å². The zero-order valence-corrected chi connectivity index (χ0v) is 27.7. The number of hydrogen-bond acceptors (Lipinski definition) is 8. The highest BCUT2D eigenvalue weighted by Gasteiger charge is 2.33. The number of fused-ring (bicyclic) bond motifs is 3. The van der Waals surface area contributed by atoms with Gasteiger partial charge in [-0.2, -0.15) is 0 Å². The molecule has 10 heteroatoms. The van der Waals surface area contributed by atoms with Crippen LogP contribution in [-0.4, -0.2) is 77.4 Å². The summed E-state index contributed by atoms with van der Waals surface area (Å²) in [5.41, 5.74) is 8.25. The van der Waals surface area contributed by atoms with Crippen molar-refractivity contribution in [3.8, 4) is 11.1 Å². The van der Waals surface area contributed by atoms with E-state index in [9.17, 15) is 14.7 Å². The Balaban J connectivity index is 1.04. The van der Waals surface area contributed by atoms with E-state index in [-0.39, 0.29) is 18.1 Å². The van der Waals surface area contributed by atoms with Crippen molar-refractivity contribution < 1.29 is 14.6 Å². The number of aryl methyl sites for hydroxylation is 2. The Hall–Kier alpha value is -3.83. The van der Waals surface area contributed by atoms with E-state index in [4.69, 9.17) is 9.72 Å². The van der Waals surface area contributed by atoms with E-state index in [2.05, 4.69) is 15.9 Å². The minimum absolute atomic E-state index is 0.0306. The maximum absolute atomic E-state index is 13.9. The second-order valence-corrected chi connectivity index (χ2v) is 14.4. The molecular weight excluding hydrogens is 611 g/mol. The van der Waals surface area contributed by atoms with Crippen LogP contribution in [0, 0.1) is 0 Å². The quantitative estimate of drug-likeness (QED) is 0.321. The Labute approximate surface area is 279 Å². The van der Waals surface area contributed by atoms with E-state index in [0.29, 0.717) is 30.1 Å². The van der Waals surface area contributed by atoms with E-state index in [1.165, 1.54) is 28.8 Å². The van der Waals surface area contributed by atoms with Gasteiger partial charge in [-0.15, -0.1) is 11.3 Å². The molecule has 4 aliphatic rings. The number of benzene rings is 1. The minimum atomic E-state index is -0.215. The molecular formula is C37H41N5O4S. The van der Waals surface area contributed by atoms with Crippen LogP contribution in [0.1, 0.15) is 55.3 Å². The molecule has 1 N–H and O–H groups in total. The average molecular weight is 652 g/mol. The van der Waals surface area contributed by atoms with Crippen molar-refractivity contribution in [1.29, 1.82) is 0 Å². The molecule has 0 atom stereocenters. The molecule has 47 heavy (non-hydrogen) atoms. The van der Waals surface area contributed by atoms with E-state index in [1.54, 1.807) is 23.0 Å². The highest BCUT2D eigenvalue weighted by molar-refractivity contribution is 7.14. The summed E-state index contributed by atoms with van der Waals surface area (Å²) in [6.45, 7) is 6.05. The van der Waals surface area contributed by atoms with Gasteiger partial charge in [0.1, 0.15) is 0 Å². The summed E-state index contributed by atoms with van der Waals surface area (Å²) in [7, 11) is 1.76. The lowest BCUT2D eigenvalue weighted by Crippen LogP contribution is -2.56. The Morgan fingerprint density at radius 3 is 2.55 bits per heavy atom. The molecule has 0 radical (unpaired) electrons. The number of carbonyl (C=O) groups is 1. The first-order valence-electron chi connectivity index (χ1n) is 16.9. The third kappa shape index (κ3) is 5.61. The number of aliphatic hydroxyl groups is 1. The van der Waals surface area contributed by atoms with Crippen molar-refractivity contribution in [2.24, 2.45) is 7.05 Å². The lowest BCUT2D eigenvalue weighted by atomic mass is 9.91. The van der Waals surface area contributed by atoms with Gasteiger partial charge in [0, 0.05) is 74.1 Å². The number of thiophene rings is 1. The average Bonchev–Trinajstić information content (AvgIpc) is 3.46. The van der Waals surface area contributed by atoms with Crippen LogP contribution in [0.2, 0.25) is 0 Å². The number of anilines is 2. The summed E-state index contributed by atoms with van der Waals surface area (Å²) < 4.78 is 6.97. The predicted molar refractivity (Wildman–Crippen MR) is 185 cm³/mol. The van der Waals surface area contributed by atoms with Crippen LogP contribution >= 0.6 is 11.3 Å². The second-order valence-electron chi connectivity index (χ2n) is 13.3. The molecule has 8 rings (SSSR count). The van der Waals surface area contributed by atoms with Crippen molar-refractivity contribution in [3.63, 3.8) is 0 Å². The third-order valence-corrected chi connectivity index (χ3v) is 11.8. The maximum atomic E-state index is 13.9. The number of aliphatic hydroxyl groups excluding tert-OH is 1. The topological polar surface area (TPSA) is 91.1 Å². The largest absolute Gasteiger partial charge is 0.392 e. The maximum Gasteiger partial charge on any atom is 0.268 e. The fourth-order valence-corrected chi connectivity index (χ4v) is 9.13. The number of ether oxygens (including phenoxy) is 1.